The van der Waals surface area contributed by atoms with Gasteiger partial charge in [0.2, 0.25) is 0 Å². The number of aliphatic hydroxyl groups is 4. The molecule has 6 aromatic rings. The number of aliphatic hydroxyl groups excluding tert-OH is 4. The summed E-state index contributed by atoms with van der Waals surface area (Å²) in [6, 6.07) is 48.5. The second-order valence-electron chi connectivity index (χ2n) is 15.7. The molecule has 0 fully saturated rings. The number of anilines is 6. The standard InChI is InChI=1S/C51H56N2O4/c1-51(2)49-35-45(52(41-19-11-37(12-20-41)7-3-31-54)42-21-13-38(14-22-42)8-4-32-55)27-29-47(49)48-30-28-46(36-50(48)51)53(43-23-15-39(16-24-43)9-5-33-56)44-25-17-40(18-26-44)10-6-34-57/h11-30,35-36,54-57H,3-10,31-34H2,1-2H3. The van der Waals surface area contributed by atoms with Crippen LogP contribution in [0.4, 0.5) is 34.1 Å². The van der Waals surface area contributed by atoms with E-state index >= 15 is 0 Å². The quantitative estimate of drug-likeness (QED) is 0.0698. The van der Waals surface area contributed by atoms with Crippen LogP contribution in [0.1, 0.15) is 72.9 Å². The Bertz CT molecular complexity index is 1950. The van der Waals surface area contributed by atoms with E-state index in [1.54, 1.807) is 0 Å². The summed E-state index contributed by atoms with van der Waals surface area (Å²) in [7, 11) is 0. The largest absolute Gasteiger partial charge is 0.396 e. The highest BCUT2D eigenvalue weighted by atomic mass is 16.3. The SMILES string of the molecule is CC1(C)c2cc(N(c3ccc(CCCO)cc3)c3ccc(CCCO)cc3)ccc2-c2ccc(N(c3ccc(CCCO)cc3)c3ccc(CCCO)cc3)cc21. The summed E-state index contributed by atoms with van der Waals surface area (Å²) < 4.78 is 0. The van der Waals surface area contributed by atoms with Crippen molar-refractivity contribution < 1.29 is 20.4 Å². The molecule has 0 amide bonds. The van der Waals surface area contributed by atoms with E-state index in [0.717, 1.165) is 85.5 Å². The van der Waals surface area contributed by atoms with Crippen molar-refractivity contribution in [2.75, 3.05) is 36.2 Å². The van der Waals surface area contributed by atoms with Gasteiger partial charge in [0.25, 0.3) is 0 Å². The maximum Gasteiger partial charge on any atom is 0.0465 e. The van der Waals surface area contributed by atoms with E-state index in [1.807, 2.05) is 0 Å². The molecule has 0 radical (unpaired) electrons. The third-order valence-electron chi connectivity index (χ3n) is 11.4. The Morgan fingerprint density at radius 3 is 0.842 bits per heavy atom. The van der Waals surface area contributed by atoms with E-state index in [-0.39, 0.29) is 31.8 Å². The van der Waals surface area contributed by atoms with Gasteiger partial charge in [-0.25, -0.2) is 0 Å². The van der Waals surface area contributed by atoms with Crippen molar-refractivity contribution in [3.8, 4) is 11.1 Å². The van der Waals surface area contributed by atoms with Crippen LogP contribution in [0.3, 0.4) is 0 Å². The van der Waals surface area contributed by atoms with Crippen molar-refractivity contribution >= 4 is 34.1 Å². The van der Waals surface area contributed by atoms with Gasteiger partial charge in [0, 0.05) is 66.0 Å². The lowest BCUT2D eigenvalue weighted by Crippen LogP contribution is -2.17. The highest BCUT2D eigenvalue weighted by Crippen LogP contribution is 2.52. The van der Waals surface area contributed by atoms with Gasteiger partial charge in [-0.05, 0) is 169 Å². The fraction of sp³-hybridized carbons (Fsp3) is 0.294. The molecule has 0 spiro atoms. The second-order valence-corrected chi connectivity index (χ2v) is 15.7. The number of hydrogen-bond acceptors (Lipinski definition) is 6. The lowest BCUT2D eigenvalue weighted by atomic mass is 9.82. The smallest absolute Gasteiger partial charge is 0.0465 e. The van der Waals surface area contributed by atoms with Crippen molar-refractivity contribution in [2.24, 2.45) is 0 Å². The zero-order chi connectivity index (χ0) is 39.8. The summed E-state index contributed by atoms with van der Waals surface area (Å²) in [5.74, 6) is 0. The molecule has 0 aromatic heterocycles. The normalized spacial score (nSPS) is 12.7. The number of benzene rings is 6. The van der Waals surface area contributed by atoms with Gasteiger partial charge in [0.15, 0.2) is 0 Å². The fourth-order valence-electron chi connectivity index (χ4n) is 8.27. The van der Waals surface area contributed by atoms with Gasteiger partial charge < -0.3 is 30.2 Å². The molecule has 0 bridgehead atoms. The summed E-state index contributed by atoms with van der Waals surface area (Å²) in [5, 5.41) is 37.6. The zero-order valence-corrected chi connectivity index (χ0v) is 33.4. The maximum atomic E-state index is 9.40. The maximum absolute atomic E-state index is 9.40. The monoisotopic (exact) mass is 760 g/mol. The Kier molecular flexibility index (Phi) is 12.9. The first kappa shape index (κ1) is 40.0. The van der Waals surface area contributed by atoms with Gasteiger partial charge in [-0.1, -0.05) is 74.5 Å². The van der Waals surface area contributed by atoms with E-state index in [4.69, 9.17) is 0 Å². The Hall–Kier alpha value is -5.24. The van der Waals surface area contributed by atoms with Gasteiger partial charge in [0.1, 0.15) is 0 Å². The molecule has 57 heavy (non-hydrogen) atoms. The van der Waals surface area contributed by atoms with Crippen LogP contribution in [0.25, 0.3) is 11.1 Å². The van der Waals surface area contributed by atoms with Crippen LogP contribution >= 0.6 is 0 Å². The topological polar surface area (TPSA) is 87.4 Å². The molecule has 1 aliphatic carbocycles. The Morgan fingerprint density at radius 2 is 0.596 bits per heavy atom. The molecule has 0 saturated heterocycles. The minimum atomic E-state index is -0.279. The number of nitrogens with zero attached hydrogens (tertiary/aromatic N) is 2. The predicted octanol–water partition coefficient (Wildman–Crippen LogP) is 10.6. The predicted molar refractivity (Wildman–Crippen MR) is 235 cm³/mol. The molecule has 0 atom stereocenters. The van der Waals surface area contributed by atoms with Crippen LogP contribution < -0.4 is 9.80 Å². The molecule has 0 heterocycles. The molecule has 6 heteroatoms. The second kappa shape index (κ2) is 18.4. The zero-order valence-electron chi connectivity index (χ0n) is 33.4. The van der Waals surface area contributed by atoms with Crippen LogP contribution in [0.5, 0.6) is 0 Å². The van der Waals surface area contributed by atoms with Crippen LogP contribution in [-0.2, 0) is 31.1 Å². The number of rotatable bonds is 18. The molecule has 4 N–H and O–H groups in total. The Labute approximate surface area is 338 Å². The van der Waals surface area contributed by atoms with Crippen molar-refractivity contribution in [3.63, 3.8) is 0 Å². The number of hydrogen-bond donors (Lipinski definition) is 4. The van der Waals surface area contributed by atoms with E-state index in [2.05, 4.69) is 157 Å². The molecular formula is C51H56N2O4. The lowest BCUT2D eigenvalue weighted by molar-refractivity contribution is 0.288. The molecule has 0 saturated carbocycles. The van der Waals surface area contributed by atoms with Gasteiger partial charge in [-0.2, -0.15) is 0 Å². The highest BCUT2D eigenvalue weighted by molar-refractivity contribution is 5.88. The number of fused-ring (bicyclic) bond motifs is 3. The van der Waals surface area contributed by atoms with E-state index in [1.165, 1.54) is 44.5 Å². The third-order valence-corrected chi connectivity index (χ3v) is 11.4. The van der Waals surface area contributed by atoms with Crippen molar-refractivity contribution in [3.05, 3.63) is 167 Å². The average molecular weight is 761 g/mol. The summed E-state index contributed by atoms with van der Waals surface area (Å²) in [6.07, 6.45) is 6.34. The number of aryl methyl sites for hydroxylation is 4. The third kappa shape index (κ3) is 8.85. The van der Waals surface area contributed by atoms with Gasteiger partial charge in [-0.15, -0.1) is 0 Å². The fourth-order valence-corrected chi connectivity index (χ4v) is 8.27. The van der Waals surface area contributed by atoms with Crippen LogP contribution in [0.15, 0.2) is 133 Å². The molecule has 0 aliphatic heterocycles. The van der Waals surface area contributed by atoms with E-state index in [9.17, 15) is 20.4 Å². The van der Waals surface area contributed by atoms with E-state index < -0.39 is 0 Å². The van der Waals surface area contributed by atoms with Gasteiger partial charge in [0.05, 0.1) is 0 Å². The van der Waals surface area contributed by atoms with Crippen LogP contribution in [0.2, 0.25) is 0 Å². The van der Waals surface area contributed by atoms with Crippen molar-refractivity contribution in [1.82, 2.24) is 0 Å². The van der Waals surface area contributed by atoms with Crippen LogP contribution in [-0.4, -0.2) is 46.9 Å². The minimum absolute atomic E-state index is 0.182. The summed E-state index contributed by atoms with van der Waals surface area (Å²) in [5.41, 5.74) is 16.1. The molecule has 6 aromatic carbocycles. The summed E-state index contributed by atoms with van der Waals surface area (Å²) >= 11 is 0. The molecule has 7 rings (SSSR count). The van der Waals surface area contributed by atoms with Crippen molar-refractivity contribution in [1.29, 1.82) is 0 Å². The van der Waals surface area contributed by atoms with Gasteiger partial charge in [-0.3, -0.25) is 0 Å². The first-order valence-corrected chi connectivity index (χ1v) is 20.5. The average Bonchev–Trinajstić information content (AvgIpc) is 3.47. The molecular weight excluding hydrogens is 705 g/mol. The first-order valence-electron chi connectivity index (χ1n) is 20.5. The molecule has 0 unspecified atom stereocenters. The first-order chi connectivity index (χ1) is 27.8. The molecule has 1 aliphatic rings. The highest BCUT2D eigenvalue weighted by Gasteiger charge is 2.37. The summed E-state index contributed by atoms with van der Waals surface area (Å²) in [4.78, 5) is 4.65. The summed E-state index contributed by atoms with van der Waals surface area (Å²) in [6.45, 7) is 5.39. The Balaban J connectivity index is 1.26. The van der Waals surface area contributed by atoms with E-state index in [0.29, 0.717) is 0 Å². The minimum Gasteiger partial charge on any atom is -0.396 e. The molecule has 6 nitrogen and oxygen atoms in total. The van der Waals surface area contributed by atoms with Crippen LogP contribution in [0, 0.1) is 0 Å². The molecule has 294 valence electrons. The van der Waals surface area contributed by atoms with Gasteiger partial charge >= 0.3 is 0 Å². The lowest BCUT2D eigenvalue weighted by Gasteiger charge is -2.29. The Morgan fingerprint density at radius 1 is 0.351 bits per heavy atom. The van der Waals surface area contributed by atoms with Crippen molar-refractivity contribution in [2.45, 2.75) is 70.6 Å².